The SMILES string of the molecule is CC(C)c1cc(C(=O)Nc2cc([N+](=O)[O-])ccc2F)c2cnn(C(C)C)c2n1. The number of nitro benzene ring substituents is 1. The van der Waals surface area contributed by atoms with Crippen LogP contribution in [-0.4, -0.2) is 25.6 Å². The number of carbonyl (C=O) groups excluding carboxylic acids is 1. The number of carbonyl (C=O) groups is 1. The highest BCUT2D eigenvalue weighted by Crippen LogP contribution is 2.26. The molecule has 1 N–H and O–H groups in total. The Bertz CT molecular complexity index is 1070. The number of aromatic nitrogens is 3. The molecular formula is C19H20FN5O3. The Hall–Kier alpha value is -3.36. The molecule has 0 aliphatic heterocycles. The highest BCUT2D eigenvalue weighted by molar-refractivity contribution is 6.12. The van der Waals surface area contributed by atoms with Gasteiger partial charge < -0.3 is 5.32 Å². The Kier molecular flexibility index (Phi) is 5.08. The highest BCUT2D eigenvalue weighted by Gasteiger charge is 2.20. The first-order chi connectivity index (χ1) is 13.2. The van der Waals surface area contributed by atoms with Gasteiger partial charge in [0.2, 0.25) is 0 Å². The van der Waals surface area contributed by atoms with E-state index in [0.29, 0.717) is 16.7 Å². The maximum absolute atomic E-state index is 14.1. The van der Waals surface area contributed by atoms with Crippen LogP contribution in [0.1, 0.15) is 55.7 Å². The van der Waals surface area contributed by atoms with Crippen molar-refractivity contribution in [1.82, 2.24) is 14.8 Å². The number of halogens is 1. The van der Waals surface area contributed by atoms with Crippen molar-refractivity contribution in [3.05, 3.63) is 57.7 Å². The molecule has 0 bridgehead atoms. The van der Waals surface area contributed by atoms with Crippen LogP contribution in [0.4, 0.5) is 15.8 Å². The summed E-state index contributed by atoms with van der Waals surface area (Å²) < 4.78 is 15.8. The van der Waals surface area contributed by atoms with Gasteiger partial charge in [-0.15, -0.1) is 0 Å². The molecule has 0 aliphatic rings. The van der Waals surface area contributed by atoms with Crippen molar-refractivity contribution in [1.29, 1.82) is 0 Å². The van der Waals surface area contributed by atoms with E-state index in [1.165, 1.54) is 0 Å². The molecule has 0 unspecified atom stereocenters. The van der Waals surface area contributed by atoms with Crippen LogP contribution in [-0.2, 0) is 0 Å². The van der Waals surface area contributed by atoms with Gasteiger partial charge in [-0.05, 0) is 31.9 Å². The van der Waals surface area contributed by atoms with Crippen LogP contribution in [0.2, 0.25) is 0 Å². The molecule has 9 heteroatoms. The van der Waals surface area contributed by atoms with Crippen molar-refractivity contribution in [3.63, 3.8) is 0 Å². The van der Waals surface area contributed by atoms with Gasteiger partial charge in [0.15, 0.2) is 5.65 Å². The summed E-state index contributed by atoms with van der Waals surface area (Å²) in [4.78, 5) is 27.8. The molecule has 0 aliphatic carbocycles. The number of nitro groups is 1. The number of nitrogens with zero attached hydrogens (tertiary/aromatic N) is 4. The average molecular weight is 385 g/mol. The second kappa shape index (κ2) is 7.34. The summed E-state index contributed by atoms with van der Waals surface area (Å²) in [5, 5.41) is 18.2. The standard InChI is InChI=1S/C19H20FN5O3/c1-10(2)16-8-13(14-9-21-24(11(3)4)18(14)22-16)19(26)23-17-7-12(25(27)28)5-6-15(17)20/h5-11H,1-4H3,(H,23,26). The van der Waals surface area contributed by atoms with Crippen molar-refractivity contribution in [2.45, 2.75) is 39.7 Å². The van der Waals surface area contributed by atoms with Crippen molar-refractivity contribution < 1.29 is 14.1 Å². The largest absolute Gasteiger partial charge is 0.319 e. The van der Waals surface area contributed by atoms with E-state index in [-0.39, 0.29) is 28.9 Å². The molecule has 8 nitrogen and oxygen atoms in total. The molecule has 0 atom stereocenters. The van der Waals surface area contributed by atoms with Crippen molar-refractivity contribution in [3.8, 4) is 0 Å². The predicted molar refractivity (Wildman–Crippen MR) is 103 cm³/mol. The summed E-state index contributed by atoms with van der Waals surface area (Å²) in [6.45, 7) is 7.81. The minimum atomic E-state index is -0.758. The van der Waals surface area contributed by atoms with E-state index >= 15 is 0 Å². The molecule has 0 spiro atoms. The topological polar surface area (TPSA) is 103 Å². The molecule has 2 heterocycles. The second-order valence-electron chi connectivity index (χ2n) is 7.04. The number of non-ortho nitro benzene ring substituents is 1. The molecule has 0 saturated heterocycles. The maximum Gasteiger partial charge on any atom is 0.271 e. The number of pyridine rings is 1. The average Bonchev–Trinajstić information content (AvgIpc) is 3.06. The van der Waals surface area contributed by atoms with E-state index in [1.807, 2.05) is 27.7 Å². The molecule has 3 aromatic rings. The quantitative estimate of drug-likeness (QED) is 0.517. The minimum Gasteiger partial charge on any atom is -0.319 e. The summed E-state index contributed by atoms with van der Waals surface area (Å²) >= 11 is 0. The van der Waals surface area contributed by atoms with Gasteiger partial charge in [-0.1, -0.05) is 13.8 Å². The van der Waals surface area contributed by atoms with Gasteiger partial charge in [0.1, 0.15) is 5.82 Å². The Morgan fingerprint density at radius 1 is 1.25 bits per heavy atom. The number of anilines is 1. The van der Waals surface area contributed by atoms with Crippen LogP contribution in [0.3, 0.4) is 0 Å². The van der Waals surface area contributed by atoms with Crippen LogP contribution in [0.25, 0.3) is 11.0 Å². The van der Waals surface area contributed by atoms with E-state index < -0.39 is 16.6 Å². The normalized spacial score (nSPS) is 11.4. The molecule has 1 aromatic carbocycles. The molecule has 1 amide bonds. The van der Waals surface area contributed by atoms with E-state index in [0.717, 1.165) is 18.2 Å². The molecule has 0 fully saturated rings. The van der Waals surface area contributed by atoms with Crippen LogP contribution < -0.4 is 5.32 Å². The molecular weight excluding hydrogens is 365 g/mol. The lowest BCUT2D eigenvalue weighted by Crippen LogP contribution is -2.15. The molecule has 146 valence electrons. The Morgan fingerprint density at radius 2 is 1.96 bits per heavy atom. The van der Waals surface area contributed by atoms with Crippen molar-refractivity contribution in [2.24, 2.45) is 0 Å². The van der Waals surface area contributed by atoms with Gasteiger partial charge in [0, 0.05) is 23.9 Å². The summed E-state index contributed by atoms with van der Waals surface area (Å²) in [5.41, 5.74) is 0.968. The third-order valence-corrected chi connectivity index (χ3v) is 4.32. The summed E-state index contributed by atoms with van der Waals surface area (Å²) in [6.07, 6.45) is 1.55. The number of nitrogens with one attached hydrogen (secondary N) is 1. The van der Waals surface area contributed by atoms with E-state index in [4.69, 9.17) is 0 Å². The van der Waals surface area contributed by atoms with Crippen LogP contribution >= 0.6 is 0 Å². The zero-order valence-corrected chi connectivity index (χ0v) is 15.9. The molecule has 2 aromatic heterocycles. The second-order valence-corrected chi connectivity index (χ2v) is 7.04. The Labute approximate surface area is 160 Å². The van der Waals surface area contributed by atoms with Crippen LogP contribution in [0, 0.1) is 15.9 Å². The Balaban J connectivity index is 2.09. The first-order valence-corrected chi connectivity index (χ1v) is 8.82. The van der Waals surface area contributed by atoms with Crippen molar-refractivity contribution >= 4 is 28.3 Å². The van der Waals surface area contributed by atoms with Gasteiger partial charge in [0.25, 0.3) is 11.6 Å². The van der Waals surface area contributed by atoms with Crippen molar-refractivity contribution in [2.75, 3.05) is 5.32 Å². The van der Waals surface area contributed by atoms with Gasteiger partial charge in [-0.3, -0.25) is 14.9 Å². The predicted octanol–water partition coefficient (Wildman–Crippen LogP) is 4.44. The van der Waals surface area contributed by atoms with Gasteiger partial charge >= 0.3 is 0 Å². The molecule has 0 radical (unpaired) electrons. The van der Waals surface area contributed by atoms with E-state index in [1.54, 1.807) is 16.9 Å². The number of hydrogen-bond donors (Lipinski definition) is 1. The number of benzene rings is 1. The number of hydrogen-bond acceptors (Lipinski definition) is 5. The molecule has 3 rings (SSSR count). The van der Waals surface area contributed by atoms with E-state index in [9.17, 15) is 19.3 Å². The zero-order valence-electron chi connectivity index (χ0n) is 15.9. The zero-order chi connectivity index (χ0) is 20.6. The first kappa shape index (κ1) is 19.4. The van der Waals surface area contributed by atoms with Crippen LogP contribution in [0.5, 0.6) is 0 Å². The maximum atomic E-state index is 14.1. The lowest BCUT2D eigenvalue weighted by atomic mass is 10.0. The third-order valence-electron chi connectivity index (χ3n) is 4.32. The first-order valence-electron chi connectivity index (χ1n) is 8.82. The number of rotatable bonds is 5. The molecule has 0 saturated carbocycles. The number of fused-ring (bicyclic) bond motifs is 1. The summed E-state index contributed by atoms with van der Waals surface area (Å²) in [7, 11) is 0. The lowest BCUT2D eigenvalue weighted by molar-refractivity contribution is -0.384. The Morgan fingerprint density at radius 3 is 2.57 bits per heavy atom. The van der Waals surface area contributed by atoms with Gasteiger partial charge in [-0.25, -0.2) is 14.1 Å². The van der Waals surface area contributed by atoms with Crippen LogP contribution in [0.15, 0.2) is 30.5 Å². The summed E-state index contributed by atoms with van der Waals surface area (Å²) in [6, 6.07) is 4.67. The van der Waals surface area contributed by atoms with Gasteiger partial charge in [0.05, 0.1) is 27.8 Å². The minimum absolute atomic E-state index is 0.0394. The highest BCUT2D eigenvalue weighted by atomic mass is 19.1. The van der Waals surface area contributed by atoms with E-state index in [2.05, 4.69) is 15.4 Å². The number of amides is 1. The summed E-state index contributed by atoms with van der Waals surface area (Å²) in [5.74, 6) is -1.29. The molecule has 28 heavy (non-hydrogen) atoms. The fraction of sp³-hybridized carbons (Fsp3) is 0.316. The fourth-order valence-electron chi connectivity index (χ4n) is 2.81. The third kappa shape index (κ3) is 3.55. The smallest absolute Gasteiger partial charge is 0.271 e. The monoisotopic (exact) mass is 385 g/mol. The van der Waals surface area contributed by atoms with Gasteiger partial charge in [-0.2, -0.15) is 5.10 Å². The lowest BCUT2D eigenvalue weighted by Gasteiger charge is -2.12. The fourth-order valence-corrected chi connectivity index (χ4v) is 2.81.